The molecule has 1 atom stereocenters. The maximum atomic E-state index is 13.5. The summed E-state index contributed by atoms with van der Waals surface area (Å²) in [4.78, 5) is 27.4. The molecule has 3 aromatic rings. The van der Waals surface area contributed by atoms with Crippen LogP contribution in [0, 0.1) is 5.82 Å². The molecule has 0 fully saturated rings. The fourth-order valence-electron chi connectivity index (χ4n) is 3.96. The van der Waals surface area contributed by atoms with E-state index < -0.39 is 5.97 Å². The molecule has 1 aliphatic heterocycles. The minimum absolute atomic E-state index is 0.247. The standard InChI is InChI=1S/C25H23FN2O3/c1-2-31-24(29)21-9-5-6-10-22(21)27-25(30)28-16-15-17-7-3-4-8-20(17)23(28)18-11-13-19(26)14-12-18/h3-14,23H,2,15-16H2,1H3,(H,27,30)/t23-/m0/s1. The van der Waals surface area contributed by atoms with E-state index in [4.69, 9.17) is 4.74 Å². The first kappa shape index (κ1) is 20.6. The Morgan fingerprint density at radius 1 is 1.03 bits per heavy atom. The van der Waals surface area contributed by atoms with Crippen LogP contribution in [0.3, 0.4) is 0 Å². The summed E-state index contributed by atoms with van der Waals surface area (Å²) in [5.41, 5.74) is 3.68. The number of nitrogens with zero attached hydrogens (tertiary/aromatic N) is 1. The minimum Gasteiger partial charge on any atom is -0.462 e. The van der Waals surface area contributed by atoms with Crippen molar-refractivity contribution in [1.82, 2.24) is 4.90 Å². The Morgan fingerprint density at radius 2 is 1.74 bits per heavy atom. The van der Waals surface area contributed by atoms with Crippen LogP contribution in [0.2, 0.25) is 0 Å². The monoisotopic (exact) mass is 418 g/mol. The number of carbonyl (C=O) groups excluding carboxylic acids is 2. The number of hydrogen-bond donors (Lipinski definition) is 1. The smallest absolute Gasteiger partial charge is 0.340 e. The average molecular weight is 418 g/mol. The Morgan fingerprint density at radius 3 is 2.52 bits per heavy atom. The van der Waals surface area contributed by atoms with E-state index in [-0.39, 0.29) is 24.5 Å². The van der Waals surface area contributed by atoms with E-state index in [1.54, 1.807) is 48.2 Å². The predicted octanol–water partition coefficient (Wildman–Crippen LogP) is 5.18. The molecule has 4 rings (SSSR count). The van der Waals surface area contributed by atoms with Gasteiger partial charge in [-0.25, -0.2) is 14.0 Å². The highest BCUT2D eigenvalue weighted by Crippen LogP contribution is 2.35. The van der Waals surface area contributed by atoms with Gasteiger partial charge < -0.3 is 15.0 Å². The first-order valence-electron chi connectivity index (χ1n) is 10.3. The van der Waals surface area contributed by atoms with Crippen LogP contribution in [-0.4, -0.2) is 30.1 Å². The summed E-state index contributed by atoms with van der Waals surface area (Å²) in [6, 6.07) is 20.3. The maximum absolute atomic E-state index is 13.5. The topological polar surface area (TPSA) is 58.6 Å². The Hall–Kier alpha value is -3.67. The molecule has 31 heavy (non-hydrogen) atoms. The second kappa shape index (κ2) is 9.00. The summed E-state index contributed by atoms with van der Waals surface area (Å²) in [6.45, 7) is 2.47. The first-order chi connectivity index (χ1) is 15.1. The lowest BCUT2D eigenvalue weighted by Crippen LogP contribution is -2.43. The molecule has 5 nitrogen and oxygen atoms in total. The molecule has 0 saturated carbocycles. The Labute approximate surface area is 180 Å². The summed E-state index contributed by atoms with van der Waals surface area (Å²) in [5, 5.41) is 2.87. The lowest BCUT2D eigenvalue weighted by molar-refractivity contribution is 0.0527. The van der Waals surface area contributed by atoms with E-state index in [0.717, 1.165) is 16.7 Å². The molecule has 0 aromatic heterocycles. The third kappa shape index (κ3) is 4.28. The van der Waals surface area contributed by atoms with E-state index in [0.29, 0.717) is 24.2 Å². The van der Waals surface area contributed by atoms with Crippen LogP contribution in [0.15, 0.2) is 72.8 Å². The minimum atomic E-state index is -0.488. The molecule has 0 saturated heterocycles. The van der Waals surface area contributed by atoms with Crippen molar-refractivity contribution in [2.24, 2.45) is 0 Å². The number of nitrogens with one attached hydrogen (secondary N) is 1. The van der Waals surface area contributed by atoms with Crippen molar-refractivity contribution >= 4 is 17.7 Å². The van der Waals surface area contributed by atoms with Gasteiger partial charge in [-0.15, -0.1) is 0 Å². The van der Waals surface area contributed by atoms with Gasteiger partial charge in [0.2, 0.25) is 0 Å². The molecular formula is C25H23FN2O3. The molecule has 1 heterocycles. The van der Waals surface area contributed by atoms with Crippen molar-refractivity contribution in [2.45, 2.75) is 19.4 Å². The highest BCUT2D eigenvalue weighted by molar-refractivity contribution is 6.01. The van der Waals surface area contributed by atoms with Gasteiger partial charge in [0.15, 0.2) is 0 Å². The van der Waals surface area contributed by atoms with Crippen LogP contribution in [-0.2, 0) is 11.2 Å². The Balaban J connectivity index is 1.67. The molecule has 1 aliphatic rings. The van der Waals surface area contributed by atoms with E-state index in [9.17, 15) is 14.0 Å². The van der Waals surface area contributed by atoms with Gasteiger partial charge in [0, 0.05) is 6.54 Å². The number of halogens is 1. The summed E-state index contributed by atoms with van der Waals surface area (Å²) in [6.07, 6.45) is 0.709. The van der Waals surface area contributed by atoms with Crippen molar-refractivity contribution in [3.8, 4) is 0 Å². The normalized spacial score (nSPS) is 15.2. The fraction of sp³-hybridized carbons (Fsp3) is 0.200. The molecule has 0 spiro atoms. The highest BCUT2D eigenvalue weighted by atomic mass is 19.1. The van der Waals surface area contributed by atoms with Gasteiger partial charge in [-0.3, -0.25) is 0 Å². The maximum Gasteiger partial charge on any atom is 0.340 e. The van der Waals surface area contributed by atoms with Crippen LogP contribution in [0.5, 0.6) is 0 Å². The largest absolute Gasteiger partial charge is 0.462 e. The second-order valence-electron chi connectivity index (χ2n) is 7.29. The third-order valence-corrected chi connectivity index (χ3v) is 5.39. The van der Waals surface area contributed by atoms with Crippen molar-refractivity contribution in [1.29, 1.82) is 0 Å². The Kier molecular flexibility index (Phi) is 5.98. The van der Waals surface area contributed by atoms with E-state index in [2.05, 4.69) is 11.4 Å². The SMILES string of the molecule is CCOC(=O)c1ccccc1NC(=O)N1CCc2ccccc2[C@@H]1c1ccc(F)cc1. The molecule has 0 bridgehead atoms. The summed E-state index contributed by atoms with van der Waals surface area (Å²) in [7, 11) is 0. The molecule has 1 N–H and O–H groups in total. The number of amides is 2. The van der Waals surface area contributed by atoms with Crippen molar-refractivity contribution in [3.05, 3.63) is 101 Å². The first-order valence-corrected chi connectivity index (χ1v) is 10.3. The molecule has 3 aromatic carbocycles. The molecule has 0 unspecified atom stereocenters. The number of hydrogen-bond acceptors (Lipinski definition) is 3. The van der Waals surface area contributed by atoms with Crippen LogP contribution < -0.4 is 5.32 Å². The number of rotatable bonds is 4. The molecule has 0 radical (unpaired) electrons. The zero-order valence-corrected chi connectivity index (χ0v) is 17.2. The van der Waals surface area contributed by atoms with Gasteiger partial charge in [-0.05, 0) is 54.3 Å². The van der Waals surface area contributed by atoms with Crippen molar-refractivity contribution in [2.75, 3.05) is 18.5 Å². The van der Waals surface area contributed by atoms with Crippen LogP contribution in [0.4, 0.5) is 14.9 Å². The molecule has 2 amide bonds. The number of fused-ring (bicyclic) bond motifs is 1. The number of carbonyl (C=O) groups is 2. The average Bonchev–Trinajstić information content (AvgIpc) is 2.79. The van der Waals surface area contributed by atoms with Gasteiger partial charge in [-0.1, -0.05) is 48.5 Å². The van der Waals surface area contributed by atoms with Crippen molar-refractivity contribution in [3.63, 3.8) is 0 Å². The molecular weight excluding hydrogens is 395 g/mol. The van der Waals surface area contributed by atoms with Gasteiger partial charge in [0.05, 0.1) is 23.9 Å². The zero-order valence-electron chi connectivity index (χ0n) is 17.2. The fourth-order valence-corrected chi connectivity index (χ4v) is 3.96. The van der Waals surface area contributed by atoms with Crippen molar-refractivity contribution < 1.29 is 18.7 Å². The second-order valence-corrected chi connectivity index (χ2v) is 7.29. The molecule has 0 aliphatic carbocycles. The quantitative estimate of drug-likeness (QED) is 0.594. The summed E-state index contributed by atoms with van der Waals surface area (Å²) < 4.78 is 18.6. The lowest BCUT2D eigenvalue weighted by Gasteiger charge is -2.37. The molecule has 158 valence electrons. The predicted molar refractivity (Wildman–Crippen MR) is 117 cm³/mol. The number of ether oxygens (including phenoxy) is 1. The zero-order chi connectivity index (χ0) is 21.8. The van der Waals surface area contributed by atoms with E-state index in [1.165, 1.54) is 12.1 Å². The number of urea groups is 1. The number of anilines is 1. The summed E-state index contributed by atoms with van der Waals surface area (Å²) in [5.74, 6) is -0.815. The lowest BCUT2D eigenvalue weighted by atomic mass is 9.88. The van der Waals surface area contributed by atoms with E-state index >= 15 is 0 Å². The van der Waals surface area contributed by atoms with Crippen LogP contribution in [0.25, 0.3) is 0 Å². The van der Waals surface area contributed by atoms with Gasteiger partial charge in [-0.2, -0.15) is 0 Å². The van der Waals surface area contributed by atoms with Crippen LogP contribution >= 0.6 is 0 Å². The summed E-state index contributed by atoms with van der Waals surface area (Å²) >= 11 is 0. The number of para-hydroxylation sites is 1. The van der Waals surface area contributed by atoms with Gasteiger partial charge in [0.1, 0.15) is 5.82 Å². The number of esters is 1. The van der Waals surface area contributed by atoms with E-state index in [1.807, 2.05) is 18.2 Å². The number of benzene rings is 3. The Bertz CT molecular complexity index is 1100. The van der Waals surface area contributed by atoms with Crippen LogP contribution in [0.1, 0.15) is 40.0 Å². The molecule has 6 heteroatoms. The van der Waals surface area contributed by atoms with Gasteiger partial charge >= 0.3 is 12.0 Å². The third-order valence-electron chi connectivity index (χ3n) is 5.39. The highest BCUT2D eigenvalue weighted by Gasteiger charge is 2.32. The van der Waals surface area contributed by atoms with Gasteiger partial charge in [0.25, 0.3) is 0 Å².